The first-order valence-electron chi connectivity index (χ1n) is 7.41. The summed E-state index contributed by atoms with van der Waals surface area (Å²) in [6, 6.07) is 11.6. The Bertz CT molecular complexity index is 1220. The summed E-state index contributed by atoms with van der Waals surface area (Å²) in [6.45, 7) is 0. The number of nitrogens with one attached hydrogen (secondary N) is 2. The van der Waals surface area contributed by atoms with Crippen molar-refractivity contribution in [1.82, 2.24) is 15.2 Å². The third kappa shape index (κ3) is 2.80. The van der Waals surface area contributed by atoms with Gasteiger partial charge in [-0.2, -0.15) is 4.39 Å². The summed E-state index contributed by atoms with van der Waals surface area (Å²) in [5.41, 5.74) is 2.66. The Morgan fingerprint density at radius 3 is 2.72 bits per heavy atom. The second kappa shape index (κ2) is 5.52. The lowest BCUT2D eigenvalue weighted by Gasteiger charge is -2.10. The summed E-state index contributed by atoms with van der Waals surface area (Å²) < 4.78 is 37.1. The Labute approximate surface area is 142 Å². The normalized spacial score (nSPS) is 11.9. The van der Waals surface area contributed by atoms with Crippen LogP contribution in [0.2, 0.25) is 0 Å². The van der Waals surface area contributed by atoms with Gasteiger partial charge in [-0.05, 0) is 42.5 Å². The van der Waals surface area contributed by atoms with Gasteiger partial charge in [-0.15, -0.1) is 5.10 Å². The molecule has 4 aromatic rings. The van der Waals surface area contributed by atoms with Gasteiger partial charge in [0.25, 0.3) is 0 Å². The van der Waals surface area contributed by atoms with Gasteiger partial charge in [0.15, 0.2) is 9.84 Å². The number of halogens is 1. The second-order valence-electron chi connectivity index (χ2n) is 5.71. The van der Waals surface area contributed by atoms with E-state index in [0.717, 1.165) is 0 Å². The maximum Gasteiger partial charge on any atom is 0.240 e. The second-order valence-corrected chi connectivity index (χ2v) is 7.73. The molecule has 4 rings (SSSR count). The van der Waals surface area contributed by atoms with Crippen molar-refractivity contribution >= 4 is 43.0 Å². The van der Waals surface area contributed by atoms with E-state index in [4.69, 9.17) is 0 Å². The van der Waals surface area contributed by atoms with Crippen LogP contribution >= 0.6 is 0 Å². The number of hydrogen-bond acceptors (Lipinski definition) is 5. The molecule has 0 fully saturated rings. The zero-order valence-electron chi connectivity index (χ0n) is 13.1. The average molecular weight is 356 g/mol. The van der Waals surface area contributed by atoms with Gasteiger partial charge >= 0.3 is 0 Å². The minimum absolute atomic E-state index is 0.224. The molecule has 0 aliphatic rings. The largest absolute Gasteiger partial charge is 0.355 e. The van der Waals surface area contributed by atoms with Crippen LogP contribution in [-0.4, -0.2) is 29.9 Å². The molecular weight excluding hydrogens is 343 g/mol. The maximum absolute atomic E-state index is 13.4. The highest BCUT2D eigenvalue weighted by atomic mass is 32.2. The molecule has 8 heteroatoms. The van der Waals surface area contributed by atoms with Gasteiger partial charge in [0, 0.05) is 29.2 Å². The number of H-pyrrole nitrogens is 1. The Kier molecular flexibility index (Phi) is 3.43. The SMILES string of the molecule is CS(=O)(=O)c1ccc2nccc(Nc3ccc4c(F)n[nH]c4c3)c2c1. The van der Waals surface area contributed by atoms with Crippen LogP contribution in [0.15, 0.2) is 53.6 Å². The number of sulfone groups is 1. The van der Waals surface area contributed by atoms with Crippen LogP contribution in [0.1, 0.15) is 0 Å². The summed E-state index contributed by atoms with van der Waals surface area (Å²) in [7, 11) is -3.32. The molecule has 0 aliphatic carbocycles. The van der Waals surface area contributed by atoms with Crippen molar-refractivity contribution in [2.75, 3.05) is 11.6 Å². The number of benzene rings is 2. The molecule has 126 valence electrons. The summed E-state index contributed by atoms with van der Waals surface area (Å²) in [5.74, 6) is -0.547. The Morgan fingerprint density at radius 2 is 1.92 bits per heavy atom. The number of aromatic amines is 1. The third-order valence-corrected chi connectivity index (χ3v) is 5.05. The molecule has 0 atom stereocenters. The zero-order chi connectivity index (χ0) is 17.6. The van der Waals surface area contributed by atoms with Crippen LogP contribution in [0.25, 0.3) is 21.8 Å². The van der Waals surface area contributed by atoms with Crippen molar-refractivity contribution in [3.63, 3.8) is 0 Å². The van der Waals surface area contributed by atoms with E-state index in [1.165, 1.54) is 12.3 Å². The molecule has 0 radical (unpaired) electrons. The molecule has 0 saturated carbocycles. The first-order valence-corrected chi connectivity index (χ1v) is 9.30. The quantitative estimate of drug-likeness (QED) is 0.587. The monoisotopic (exact) mass is 356 g/mol. The van der Waals surface area contributed by atoms with Crippen LogP contribution in [0.3, 0.4) is 0 Å². The minimum atomic E-state index is -3.32. The summed E-state index contributed by atoms with van der Waals surface area (Å²) in [4.78, 5) is 4.48. The van der Waals surface area contributed by atoms with Gasteiger partial charge in [0.2, 0.25) is 5.95 Å². The molecule has 25 heavy (non-hydrogen) atoms. The standard InChI is InChI=1S/C17H13FN4O2S/c1-25(23,24)11-3-5-14-13(9-11)15(6-7-19-14)20-10-2-4-12-16(8-10)21-22-17(12)18/h2-9H,1H3,(H,19,20)(H,21,22). The van der Waals surface area contributed by atoms with Crippen molar-refractivity contribution in [2.45, 2.75) is 4.90 Å². The van der Waals surface area contributed by atoms with E-state index in [2.05, 4.69) is 20.5 Å². The van der Waals surface area contributed by atoms with E-state index in [-0.39, 0.29) is 4.90 Å². The van der Waals surface area contributed by atoms with Crippen molar-refractivity contribution in [3.05, 3.63) is 54.6 Å². The number of hydrogen-bond donors (Lipinski definition) is 2. The predicted octanol–water partition coefficient (Wildman–Crippen LogP) is 3.40. The number of rotatable bonds is 3. The first kappa shape index (κ1) is 15.5. The Morgan fingerprint density at radius 1 is 1.08 bits per heavy atom. The fourth-order valence-electron chi connectivity index (χ4n) is 2.68. The molecule has 0 amide bonds. The van der Waals surface area contributed by atoms with Crippen LogP contribution in [0.5, 0.6) is 0 Å². The van der Waals surface area contributed by atoms with Crippen molar-refractivity contribution in [1.29, 1.82) is 0 Å². The molecule has 6 nitrogen and oxygen atoms in total. The van der Waals surface area contributed by atoms with Crippen molar-refractivity contribution in [2.24, 2.45) is 0 Å². The molecule has 2 aromatic heterocycles. The summed E-state index contributed by atoms with van der Waals surface area (Å²) in [5, 5.41) is 10.5. The van der Waals surface area contributed by atoms with Gasteiger partial charge in [0.1, 0.15) is 0 Å². The van der Waals surface area contributed by atoms with Crippen LogP contribution in [-0.2, 0) is 9.84 Å². The average Bonchev–Trinajstić information content (AvgIpc) is 2.94. The van der Waals surface area contributed by atoms with E-state index < -0.39 is 15.8 Å². The van der Waals surface area contributed by atoms with Crippen molar-refractivity contribution in [3.8, 4) is 0 Å². The number of nitrogens with zero attached hydrogens (tertiary/aromatic N) is 2. The van der Waals surface area contributed by atoms with Gasteiger partial charge in [0.05, 0.1) is 21.3 Å². The fraction of sp³-hybridized carbons (Fsp3) is 0.0588. The minimum Gasteiger partial charge on any atom is -0.355 e. The molecule has 2 heterocycles. The molecule has 0 saturated heterocycles. The van der Waals surface area contributed by atoms with Crippen LogP contribution in [0, 0.1) is 5.95 Å². The number of anilines is 2. The highest BCUT2D eigenvalue weighted by Gasteiger charge is 2.11. The summed E-state index contributed by atoms with van der Waals surface area (Å²) >= 11 is 0. The number of aromatic nitrogens is 3. The number of fused-ring (bicyclic) bond motifs is 2. The topological polar surface area (TPSA) is 87.7 Å². The fourth-order valence-corrected chi connectivity index (χ4v) is 3.33. The summed E-state index contributed by atoms with van der Waals surface area (Å²) in [6.07, 6.45) is 2.80. The predicted molar refractivity (Wildman–Crippen MR) is 94.2 cm³/mol. The van der Waals surface area contributed by atoms with Crippen molar-refractivity contribution < 1.29 is 12.8 Å². The van der Waals surface area contributed by atoms with E-state index in [1.54, 1.807) is 42.6 Å². The van der Waals surface area contributed by atoms with E-state index in [9.17, 15) is 12.8 Å². The molecular formula is C17H13FN4O2S. The lowest BCUT2D eigenvalue weighted by atomic mass is 10.1. The molecule has 0 unspecified atom stereocenters. The third-order valence-electron chi connectivity index (χ3n) is 3.94. The maximum atomic E-state index is 13.4. The highest BCUT2D eigenvalue weighted by molar-refractivity contribution is 7.90. The van der Waals surface area contributed by atoms with E-state index >= 15 is 0 Å². The van der Waals surface area contributed by atoms with Crippen LogP contribution in [0.4, 0.5) is 15.8 Å². The van der Waals surface area contributed by atoms with Gasteiger partial charge < -0.3 is 5.32 Å². The molecule has 2 aromatic carbocycles. The molecule has 0 bridgehead atoms. The lowest BCUT2D eigenvalue weighted by molar-refractivity contribution is 0.588. The highest BCUT2D eigenvalue weighted by Crippen LogP contribution is 2.28. The van der Waals surface area contributed by atoms with Gasteiger partial charge in [-0.25, -0.2) is 8.42 Å². The molecule has 2 N–H and O–H groups in total. The molecule has 0 aliphatic heterocycles. The first-order chi connectivity index (χ1) is 11.9. The lowest BCUT2D eigenvalue weighted by Crippen LogP contribution is -1.98. The van der Waals surface area contributed by atoms with Crippen LogP contribution < -0.4 is 5.32 Å². The smallest absolute Gasteiger partial charge is 0.240 e. The van der Waals surface area contributed by atoms with E-state index in [1.807, 2.05) is 0 Å². The van der Waals surface area contributed by atoms with E-state index in [0.29, 0.717) is 33.2 Å². The zero-order valence-corrected chi connectivity index (χ0v) is 13.9. The Balaban J connectivity index is 1.81. The van der Waals surface area contributed by atoms with Gasteiger partial charge in [-0.1, -0.05) is 0 Å². The Hall–Kier alpha value is -3.00. The molecule has 0 spiro atoms. The van der Waals surface area contributed by atoms with Gasteiger partial charge in [-0.3, -0.25) is 10.1 Å². The number of pyridine rings is 1.